The summed E-state index contributed by atoms with van der Waals surface area (Å²) in [7, 11) is 3.26. The van der Waals surface area contributed by atoms with Gasteiger partial charge in [0.2, 0.25) is 0 Å². The van der Waals surface area contributed by atoms with E-state index in [1.165, 1.54) is 19.3 Å². The van der Waals surface area contributed by atoms with Gasteiger partial charge < -0.3 is 9.47 Å². The fourth-order valence-electron chi connectivity index (χ4n) is 3.74. The SMILES string of the molecule is COc1ccc(C2(C#N)CC3(CCC3)C2)cc1OC. The fourth-order valence-corrected chi connectivity index (χ4v) is 3.74. The quantitative estimate of drug-likeness (QED) is 0.833. The molecule has 0 N–H and O–H groups in total. The van der Waals surface area contributed by atoms with Gasteiger partial charge in [-0.15, -0.1) is 0 Å². The molecule has 0 radical (unpaired) electrons. The van der Waals surface area contributed by atoms with E-state index in [0.717, 1.165) is 24.2 Å². The van der Waals surface area contributed by atoms with Crippen molar-refractivity contribution >= 4 is 0 Å². The van der Waals surface area contributed by atoms with Crippen molar-refractivity contribution in [2.24, 2.45) is 5.41 Å². The summed E-state index contributed by atoms with van der Waals surface area (Å²) in [5, 5.41) is 9.61. The van der Waals surface area contributed by atoms with E-state index in [-0.39, 0.29) is 5.41 Å². The Labute approximate surface area is 114 Å². The molecule has 19 heavy (non-hydrogen) atoms. The number of nitrogens with zero attached hydrogens (tertiary/aromatic N) is 1. The summed E-state index contributed by atoms with van der Waals surface area (Å²) >= 11 is 0. The number of hydrogen-bond donors (Lipinski definition) is 0. The molecule has 0 saturated heterocycles. The van der Waals surface area contributed by atoms with E-state index in [2.05, 4.69) is 6.07 Å². The van der Waals surface area contributed by atoms with Crippen LogP contribution < -0.4 is 9.47 Å². The van der Waals surface area contributed by atoms with Crippen molar-refractivity contribution in [3.8, 4) is 17.6 Å². The van der Waals surface area contributed by atoms with Gasteiger partial charge in [-0.2, -0.15) is 5.26 Å². The van der Waals surface area contributed by atoms with Crippen molar-refractivity contribution in [3.63, 3.8) is 0 Å². The molecule has 2 aliphatic carbocycles. The van der Waals surface area contributed by atoms with Gasteiger partial charge in [0.1, 0.15) is 0 Å². The Hall–Kier alpha value is -1.69. The first-order valence-electron chi connectivity index (χ1n) is 6.81. The van der Waals surface area contributed by atoms with Crippen molar-refractivity contribution in [1.82, 2.24) is 0 Å². The number of hydrogen-bond acceptors (Lipinski definition) is 3. The van der Waals surface area contributed by atoms with Crippen LogP contribution in [0.25, 0.3) is 0 Å². The van der Waals surface area contributed by atoms with E-state index >= 15 is 0 Å². The summed E-state index contributed by atoms with van der Waals surface area (Å²) < 4.78 is 10.6. The number of nitriles is 1. The van der Waals surface area contributed by atoms with E-state index < -0.39 is 0 Å². The highest BCUT2D eigenvalue weighted by atomic mass is 16.5. The fraction of sp³-hybridized carbons (Fsp3) is 0.562. The van der Waals surface area contributed by atoms with Gasteiger partial charge in [-0.05, 0) is 48.8 Å². The van der Waals surface area contributed by atoms with Crippen LogP contribution in [0.5, 0.6) is 11.5 Å². The van der Waals surface area contributed by atoms with Gasteiger partial charge in [-0.3, -0.25) is 0 Å². The highest BCUT2D eigenvalue weighted by Crippen LogP contribution is 2.65. The largest absolute Gasteiger partial charge is 0.493 e. The molecule has 1 spiro atoms. The minimum absolute atomic E-state index is 0.306. The zero-order chi connectivity index (χ0) is 13.5. The molecule has 0 heterocycles. The Kier molecular flexibility index (Phi) is 2.70. The Morgan fingerprint density at radius 1 is 1.11 bits per heavy atom. The minimum atomic E-state index is -0.306. The Bertz CT molecular complexity index is 532. The van der Waals surface area contributed by atoms with Gasteiger partial charge in [0.15, 0.2) is 11.5 Å². The molecule has 0 atom stereocenters. The molecular formula is C16H19NO2. The molecule has 2 aliphatic rings. The zero-order valence-electron chi connectivity index (χ0n) is 11.5. The standard InChI is InChI=1S/C16H19NO2/c1-18-13-5-4-12(8-14(13)19-2)16(11-17)9-15(10-16)6-3-7-15/h4-5,8H,3,6-7,9-10H2,1-2H3. The third-order valence-electron chi connectivity index (χ3n) is 4.92. The van der Waals surface area contributed by atoms with Gasteiger partial charge in [-0.25, -0.2) is 0 Å². The Morgan fingerprint density at radius 2 is 1.79 bits per heavy atom. The van der Waals surface area contributed by atoms with Crippen molar-refractivity contribution in [3.05, 3.63) is 23.8 Å². The number of methoxy groups -OCH3 is 2. The molecule has 0 aromatic heterocycles. The lowest BCUT2D eigenvalue weighted by atomic mass is 9.44. The number of ether oxygens (including phenoxy) is 2. The molecule has 2 saturated carbocycles. The molecule has 3 rings (SSSR count). The second kappa shape index (κ2) is 4.16. The number of benzene rings is 1. The lowest BCUT2D eigenvalue weighted by Crippen LogP contribution is -2.52. The van der Waals surface area contributed by atoms with Crippen LogP contribution >= 0.6 is 0 Å². The summed E-state index contributed by atoms with van der Waals surface area (Å²) in [6, 6.07) is 8.42. The van der Waals surface area contributed by atoms with E-state index in [0.29, 0.717) is 11.2 Å². The summed E-state index contributed by atoms with van der Waals surface area (Å²) in [6.07, 6.45) is 5.93. The van der Waals surface area contributed by atoms with Gasteiger partial charge in [0.25, 0.3) is 0 Å². The molecule has 0 aliphatic heterocycles. The smallest absolute Gasteiger partial charge is 0.161 e. The zero-order valence-corrected chi connectivity index (χ0v) is 11.5. The van der Waals surface area contributed by atoms with E-state index in [1.54, 1.807) is 14.2 Å². The normalized spacial score (nSPS) is 21.9. The van der Waals surface area contributed by atoms with E-state index in [9.17, 15) is 5.26 Å². The average molecular weight is 257 g/mol. The first kappa shape index (κ1) is 12.3. The van der Waals surface area contributed by atoms with Crippen molar-refractivity contribution < 1.29 is 9.47 Å². The summed E-state index contributed by atoms with van der Waals surface area (Å²) in [4.78, 5) is 0. The molecule has 2 fully saturated rings. The predicted octanol–water partition coefficient (Wildman–Crippen LogP) is 3.43. The summed E-state index contributed by atoms with van der Waals surface area (Å²) in [6.45, 7) is 0. The highest BCUT2D eigenvalue weighted by Gasteiger charge is 2.58. The Balaban J connectivity index is 1.91. The van der Waals surface area contributed by atoms with Crippen LogP contribution in [-0.4, -0.2) is 14.2 Å². The van der Waals surface area contributed by atoms with Crippen molar-refractivity contribution in [2.45, 2.75) is 37.5 Å². The third-order valence-corrected chi connectivity index (χ3v) is 4.92. The highest BCUT2D eigenvalue weighted by molar-refractivity contribution is 5.49. The molecule has 1 aromatic carbocycles. The lowest BCUT2D eigenvalue weighted by Gasteiger charge is -2.58. The van der Waals surface area contributed by atoms with E-state index in [4.69, 9.17) is 9.47 Å². The second-order valence-electron chi connectivity index (χ2n) is 5.97. The predicted molar refractivity (Wildman–Crippen MR) is 72.4 cm³/mol. The molecule has 0 amide bonds. The maximum absolute atomic E-state index is 9.61. The monoisotopic (exact) mass is 257 g/mol. The average Bonchev–Trinajstić information content (AvgIpc) is 2.36. The van der Waals surface area contributed by atoms with Crippen LogP contribution in [-0.2, 0) is 5.41 Å². The van der Waals surface area contributed by atoms with Gasteiger partial charge in [-0.1, -0.05) is 12.5 Å². The van der Waals surface area contributed by atoms with E-state index in [1.807, 2.05) is 18.2 Å². The Morgan fingerprint density at radius 3 is 2.26 bits per heavy atom. The van der Waals surface area contributed by atoms with Crippen molar-refractivity contribution in [2.75, 3.05) is 14.2 Å². The third kappa shape index (κ3) is 1.70. The number of rotatable bonds is 3. The van der Waals surface area contributed by atoms with Crippen LogP contribution in [0.15, 0.2) is 18.2 Å². The van der Waals surface area contributed by atoms with Crippen LogP contribution in [0.4, 0.5) is 0 Å². The van der Waals surface area contributed by atoms with Gasteiger partial charge in [0, 0.05) is 0 Å². The summed E-state index contributed by atoms with van der Waals surface area (Å²) in [5.41, 5.74) is 1.24. The van der Waals surface area contributed by atoms with Crippen molar-refractivity contribution in [1.29, 1.82) is 5.26 Å². The molecule has 3 heteroatoms. The van der Waals surface area contributed by atoms with Crippen LogP contribution in [0.1, 0.15) is 37.7 Å². The van der Waals surface area contributed by atoms with Gasteiger partial charge in [0.05, 0.1) is 25.7 Å². The molecule has 0 bridgehead atoms. The van der Waals surface area contributed by atoms with Crippen LogP contribution in [0.2, 0.25) is 0 Å². The summed E-state index contributed by atoms with van der Waals surface area (Å²) in [5.74, 6) is 1.43. The molecular weight excluding hydrogens is 238 g/mol. The minimum Gasteiger partial charge on any atom is -0.493 e. The second-order valence-corrected chi connectivity index (χ2v) is 5.97. The first-order valence-corrected chi connectivity index (χ1v) is 6.81. The van der Waals surface area contributed by atoms with Crippen LogP contribution in [0.3, 0.4) is 0 Å². The van der Waals surface area contributed by atoms with Crippen LogP contribution in [0, 0.1) is 16.7 Å². The molecule has 0 unspecified atom stereocenters. The maximum Gasteiger partial charge on any atom is 0.161 e. The van der Waals surface area contributed by atoms with Gasteiger partial charge >= 0.3 is 0 Å². The molecule has 100 valence electrons. The first-order chi connectivity index (χ1) is 9.17. The molecule has 3 nitrogen and oxygen atoms in total. The maximum atomic E-state index is 9.61. The topological polar surface area (TPSA) is 42.2 Å². The molecule has 1 aromatic rings. The lowest BCUT2D eigenvalue weighted by molar-refractivity contribution is -0.0227.